The van der Waals surface area contributed by atoms with Gasteiger partial charge in [-0.25, -0.2) is 9.67 Å². The number of ether oxygens (including phenoxy) is 1. The molecule has 0 saturated carbocycles. The molecule has 0 aliphatic carbocycles. The highest BCUT2D eigenvalue weighted by atomic mass is 16.5. The van der Waals surface area contributed by atoms with Crippen LogP contribution >= 0.6 is 0 Å². The van der Waals surface area contributed by atoms with E-state index < -0.39 is 0 Å². The Morgan fingerprint density at radius 1 is 1.17 bits per heavy atom. The second kappa shape index (κ2) is 6.06. The monoisotopic (exact) mass is 314 g/mol. The predicted octanol–water partition coefficient (Wildman–Crippen LogP) is 2.76. The average molecular weight is 314 g/mol. The van der Waals surface area contributed by atoms with Gasteiger partial charge in [-0.2, -0.15) is 5.10 Å². The van der Waals surface area contributed by atoms with Gasteiger partial charge in [-0.3, -0.25) is 0 Å². The van der Waals surface area contributed by atoms with Crippen LogP contribution < -0.4 is 5.32 Å². The van der Waals surface area contributed by atoms with Crippen LogP contribution in [0.5, 0.6) is 0 Å². The summed E-state index contributed by atoms with van der Waals surface area (Å²) in [5.74, 6) is 0. The lowest BCUT2D eigenvalue weighted by Gasteiger charge is -2.28. The summed E-state index contributed by atoms with van der Waals surface area (Å²) < 4.78 is 7.96. The van der Waals surface area contributed by atoms with Crippen molar-refractivity contribution < 1.29 is 4.74 Å². The molecule has 1 fully saturated rings. The van der Waals surface area contributed by atoms with Crippen molar-refractivity contribution in [3.63, 3.8) is 0 Å². The molecular weight excluding hydrogens is 288 g/mol. The van der Waals surface area contributed by atoms with E-state index in [2.05, 4.69) is 67.4 Å². The highest BCUT2D eigenvalue weighted by Crippen LogP contribution is 2.37. The summed E-state index contributed by atoms with van der Waals surface area (Å²) in [6.07, 6.45) is 4.33. The van der Waals surface area contributed by atoms with Crippen molar-refractivity contribution in [3.8, 4) is 0 Å². The van der Waals surface area contributed by atoms with Gasteiger partial charge in [0.25, 0.3) is 0 Å². The van der Waals surface area contributed by atoms with E-state index >= 15 is 0 Å². The van der Waals surface area contributed by atoms with E-state index in [9.17, 15) is 0 Å². The van der Waals surface area contributed by atoms with E-state index in [0.717, 1.165) is 19.5 Å². The third kappa shape index (κ3) is 3.98. The molecule has 0 radical (unpaired) electrons. The second-order valence-corrected chi connectivity index (χ2v) is 7.51. The standard InChI is InChI=1S/C18H26N4O/c1-17(2)9-16(18(3,4)23-17)20-10-14-5-7-15(8-6-14)11-22-13-19-12-21-22/h5-8,12-13,16,20H,9-11H2,1-4H3. The summed E-state index contributed by atoms with van der Waals surface area (Å²) in [6.45, 7) is 10.3. The smallest absolute Gasteiger partial charge is 0.137 e. The Labute approximate surface area is 138 Å². The Morgan fingerprint density at radius 3 is 2.43 bits per heavy atom. The van der Waals surface area contributed by atoms with Crippen LogP contribution in [0.2, 0.25) is 0 Å². The maximum absolute atomic E-state index is 6.14. The minimum Gasteiger partial charge on any atom is -0.368 e. The first-order chi connectivity index (χ1) is 10.8. The molecule has 2 heterocycles. The SMILES string of the molecule is CC1(C)CC(NCc2ccc(Cn3cncn3)cc2)C(C)(C)O1. The number of hydrogen-bond acceptors (Lipinski definition) is 4. The lowest BCUT2D eigenvalue weighted by Crippen LogP contribution is -2.42. The zero-order valence-corrected chi connectivity index (χ0v) is 14.4. The van der Waals surface area contributed by atoms with Gasteiger partial charge in [-0.1, -0.05) is 24.3 Å². The molecule has 1 saturated heterocycles. The van der Waals surface area contributed by atoms with E-state index in [4.69, 9.17) is 4.74 Å². The molecule has 23 heavy (non-hydrogen) atoms. The largest absolute Gasteiger partial charge is 0.368 e. The summed E-state index contributed by atoms with van der Waals surface area (Å²) in [5, 5.41) is 7.79. The van der Waals surface area contributed by atoms with Crippen LogP contribution in [-0.2, 0) is 17.8 Å². The Balaban J connectivity index is 1.57. The molecule has 2 aromatic rings. The second-order valence-electron chi connectivity index (χ2n) is 7.51. The molecule has 1 unspecified atom stereocenters. The topological polar surface area (TPSA) is 52.0 Å². The molecule has 1 aliphatic rings. The number of nitrogens with one attached hydrogen (secondary N) is 1. The third-order valence-electron chi connectivity index (χ3n) is 4.46. The van der Waals surface area contributed by atoms with Crippen LogP contribution in [0.4, 0.5) is 0 Å². The van der Waals surface area contributed by atoms with Gasteiger partial charge in [0, 0.05) is 12.6 Å². The Hall–Kier alpha value is -1.72. The van der Waals surface area contributed by atoms with E-state index in [1.807, 2.05) is 4.68 Å². The molecule has 0 spiro atoms. The summed E-state index contributed by atoms with van der Waals surface area (Å²) in [6, 6.07) is 9.02. The van der Waals surface area contributed by atoms with Gasteiger partial charge in [0.2, 0.25) is 0 Å². The molecule has 1 aromatic carbocycles. The first kappa shape index (κ1) is 16.1. The Morgan fingerprint density at radius 2 is 1.87 bits per heavy atom. The fourth-order valence-electron chi connectivity index (χ4n) is 3.39. The lowest BCUT2D eigenvalue weighted by molar-refractivity contribution is -0.0699. The molecule has 3 rings (SSSR count). The third-order valence-corrected chi connectivity index (χ3v) is 4.46. The van der Waals surface area contributed by atoms with Crippen molar-refractivity contribution in [1.29, 1.82) is 0 Å². The Bertz CT molecular complexity index is 632. The molecular formula is C18H26N4O. The number of hydrogen-bond donors (Lipinski definition) is 1. The average Bonchev–Trinajstić information content (AvgIpc) is 3.03. The fourth-order valence-corrected chi connectivity index (χ4v) is 3.39. The van der Waals surface area contributed by atoms with Gasteiger partial charge in [-0.05, 0) is 45.2 Å². The zero-order chi connectivity index (χ0) is 16.5. The van der Waals surface area contributed by atoms with Crippen molar-refractivity contribution in [1.82, 2.24) is 20.1 Å². The first-order valence-corrected chi connectivity index (χ1v) is 8.18. The van der Waals surface area contributed by atoms with Crippen molar-refractivity contribution in [2.45, 2.75) is 64.4 Å². The molecule has 5 heteroatoms. The van der Waals surface area contributed by atoms with Gasteiger partial charge in [0.1, 0.15) is 12.7 Å². The molecule has 5 nitrogen and oxygen atoms in total. The zero-order valence-electron chi connectivity index (χ0n) is 14.4. The van der Waals surface area contributed by atoms with Crippen LogP contribution in [-0.4, -0.2) is 32.0 Å². The van der Waals surface area contributed by atoms with Crippen molar-refractivity contribution >= 4 is 0 Å². The van der Waals surface area contributed by atoms with E-state index in [-0.39, 0.29) is 11.2 Å². The number of nitrogens with zero attached hydrogens (tertiary/aromatic N) is 3. The molecule has 1 N–H and O–H groups in total. The maximum Gasteiger partial charge on any atom is 0.137 e. The highest BCUT2D eigenvalue weighted by Gasteiger charge is 2.45. The predicted molar refractivity (Wildman–Crippen MR) is 90.1 cm³/mol. The van der Waals surface area contributed by atoms with Gasteiger partial charge in [-0.15, -0.1) is 0 Å². The summed E-state index contributed by atoms with van der Waals surface area (Å²) in [7, 11) is 0. The molecule has 1 aliphatic heterocycles. The molecule has 124 valence electrons. The normalized spacial score (nSPS) is 22.3. The van der Waals surface area contributed by atoms with Crippen molar-refractivity contribution in [2.24, 2.45) is 0 Å². The van der Waals surface area contributed by atoms with Gasteiger partial charge >= 0.3 is 0 Å². The summed E-state index contributed by atoms with van der Waals surface area (Å²) in [5.41, 5.74) is 2.33. The lowest BCUT2D eigenvalue weighted by atomic mass is 9.94. The first-order valence-electron chi connectivity index (χ1n) is 8.18. The van der Waals surface area contributed by atoms with Gasteiger partial charge in [0.05, 0.1) is 17.7 Å². The minimum absolute atomic E-state index is 0.0528. The fraction of sp³-hybridized carbons (Fsp3) is 0.556. The molecule has 0 bridgehead atoms. The van der Waals surface area contributed by atoms with Crippen LogP contribution in [0.1, 0.15) is 45.2 Å². The summed E-state index contributed by atoms with van der Waals surface area (Å²) in [4.78, 5) is 3.96. The quantitative estimate of drug-likeness (QED) is 0.922. The highest BCUT2D eigenvalue weighted by molar-refractivity contribution is 5.22. The van der Waals surface area contributed by atoms with Crippen molar-refractivity contribution in [3.05, 3.63) is 48.0 Å². The van der Waals surface area contributed by atoms with Crippen LogP contribution in [0.15, 0.2) is 36.9 Å². The van der Waals surface area contributed by atoms with Crippen LogP contribution in [0.25, 0.3) is 0 Å². The Kier molecular flexibility index (Phi) is 4.25. The van der Waals surface area contributed by atoms with Crippen LogP contribution in [0.3, 0.4) is 0 Å². The van der Waals surface area contributed by atoms with Gasteiger partial charge < -0.3 is 10.1 Å². The molecule has 1 atom stereocenters. The van der Waals surface area contributed by atoms with E-state index in [0.29, 0.717) is 6.04 Å². The van der Waals surface area contributed by atoms with Crippen molar-refractivity contribution in [2.75, 3.05) is 0 Å². The molecule has 0 amide bonds. The maximum atomic E-state index is 6.14. The number of rotatable bonds is 5. The van der Waals surface area contributed by atoms with Crippen LogP contribution in [0, 0.1) is 0 Å². The number of benzene rings is 1. The minimum atomic E-state index is -0.128. The van der Waals surface area contributed by atoms with E-state index in [1.165, 1.54) is 11.1 Å². The van der Waals surface area contributed by atoms with Gasteiger partial charge in [0.15, 0.2) is 0 Å². The number of aromatic nitrogens is 3. The summed E-state index contributed by atoms with van der Waals surface area (Å²) >= 11 is 0. The molecule has 1 aromatic heterocycles. The van der Waals surface area contributed by atoms with E-state index in [1.54, 1.807) is 12.7 Å².